The smallest absolute Gasteiger partial charge is 0.325 e. The topological polar surface area (TPSA) is 82.1 Å². The molecule has 2 fully saturated rings. The van der Waals surface area contributed by atoms with Crippen LogP contribution in [0.3, 0.4) is 0 Å². The number of carbonyl (C=O) groups is 2. The van der Waals surface area contributed by atoms with Gasteiger partial charge in [0.05, 0.1) is 12.6 Å². The van der Waals surface area contributed by atoms with Crippen LogP contribution in [0.5, 0.6) is 0 Å². The van der Waals surface area contributed by atoms with Gasteiger partial charge in [-0.3, -0.25) is 14.6 Å². The number of nitrogens with one attached hydrogen (secondary N) is 1. The summed E-state index contributed by atoms with van der Waals surface area (Å²) in [6.45, 7) is 3.07. The normalized spacial score (nSPS) is 23.8. The molecule has 2 saturated heterocycles. The molecule has 3 aliphatic heterocycles. The molecule has 3 heterocycles. The molecular formula is C19H25N3O4. The SMILES string of the molecule is O=C1NC2(CCOCC2)C(=O)N1CC(O)CN1CCc2ccccc2C1. The minimum absolute atomic E-state index is 0.0332. The molecule has 0 radical (unpaired) electrons. The van der Waals surface area contributed by atoms with Gasteiger partial charge in [-0.05, 0) is 17.5 Å². The molecule has 4 rings (SSSR count). The van der Waals surface area contributed by atoms with Crippen LogP contribution in [-0.2, 0) is 22.5 Å². The number of β-amino-alcohol motifs (C(OH)–C–C–N with tert-alkyl or cyclic N) is 1. The number of amides is 3. The molecule has 1 spiro atoms. The predicted octanol–water partition coefficient (Wildman–Crippen LogP) is 0.507. The van der Waals surface area contributed by atoms with Gasteiger partial charge in [-0.15, -0.1) is 0 Å². The van der Waals surface area contributed by atoms with Gasteiger partial charge in [-0.25, -0.2) is 4.79 Å². The third-order valence-corrected chi connectivity index (χ3v) is 5.66. The zero-order valence-corrected chi connectivity index (χ0v) is 14.8. The standard InChI is InChI=1S/C19H25N3O4/c23-16(12-21-8-5-14-3-1-2-4-15(14)11-21)13-22-17(24)19(20-18(22)25)6-9-26-10-7-19/h1-4,16,23H,5-13H2,(H,20,25). The summed E-state index contributed by atoms with van der Waals surface area (Å²) >= 11 is 0. The van der Waals surface area contributed by atoms with Gasteiger partial charge in [0.2, 0.25) is 0 Å². The van der Waals surface area contributed by atoms with E-state index in [-0.39, 0.29) is 12.5 Å². The van der Waals surface area contributed by atoms with E-state index in [0.717, 1.165) is 19.5 Å². The highest BCUT2D eigenvalue weighted by molar-refractivity contribution is 6.07. The van der Waals surface area contributed by atoms with Crippen LogP contribution in [-0.4, -0.2) is 71.3 Å². The predicted molar refractivity (Wildman–Crippen MR) is 94.5 cm³/mol. The van der Waals surface area contributed by atoms with Gasteiger partial charge in [0.25, 0.3) is 5.91 Å². The van der Waals surface area contributed by atoms with Crippen LogP contribution in [0, 0.1) is 0 Å². The highest BCUT2D eigenvalue weighted by Crippen LogP contribution is 2.28. The van der Waals surface area contributed by atoms with Gasteiger partial charge in [-0.2, -0.15) is 0 Å². The zero-order chi connectivity index (χ0) is 18.1. The molecule has 1 unspecified atom stereocenters. The lowest BCUT2D eigenvalue weighted by atomic mass is 9.90. The minimum Gasteiger partial charge on any atom is -0.390 e. The van der Waals surface area contributed by atoms with Gasteiger partial charge < -0.3 is 15.2 Å². The minimum atomic E-state index is -0.834. The van der Waals surface area contributed by atoms with E-state index in [1.165, 1.54) is 16.0 Å². The summed E-state index contributed by atoms with van der Waals surface area (Å²) in [5, 5.41) is 13.3. The summed E-state index contributed by atoms with van der Waals surface area (Å²) in [4.78, 5) is 28.4. The fourth-order valence-electron chi connectivity index (χ4n) is 4.18. The average molecular weight is 359 g/mol. The van der Waals surface area contributed by atoms with Crippen molar-refractivity contribution in [3.05, 3.63) is 35.4 Å². The second-order valence-electron chi connectivity index (χ2n) is 7.45. The maximum atomic E-state index is 12.7. The molecule has 7 nitrogen and oxygen atoms in total. The van der Waals surface area contributed by atoms with Gasteiger partial charge in [0, 0.05) is 45.7 Å². The fraction of sp³-hybridized carbons (Fsp3) is 0.579. The first kappa shape index (κ1) is 17.5. The molecule has 1 atom stereocenters. The molecule has 3 amide bonds. The first-order chi connectivity index (χ1) is 12.6. The van der Waals surface area contributed by atoms with Crippen LogP contribution in [0.4, 0.5) is 4.79 Å². The number of aliphatic hydroxyl groups excluding tert-OH is 1. The maximum Gasteiger partial charge on any atom is 0.325 e. The number of benzene rings is 1. The second-order valence-corrected chi connectivity index (χ2v) is 7.45. The summed E-state index contributed by atoms with van der Waals surface area (Å²) in [5.74, 6) is -0.228. The lowest BCUT2D eigenvalue weighted by Gasteiger charge is -2.32. The molecule has 140 valence electrons. The van der Waals surface area contributed by atoms with Crippen molar-refractivity contribution in [2.45, 2.75) is 37.5 Å². The zero-order valence-electron chi connectivity index (χ0n) is 14.8. The number of ether oxygens (including phenoxy) is 1. The molecule has 3 aliphatic rings. The molecule has 1 aromatic rings. The number of aliphatic hydroxyl groups is 1. The number of hydrogen-bond acceptors (Lipinski definition) is 5. The van der Waals surface area contributed by atoms with Crippen LogP contribution in [0.25, 0.3) is 0 Å². The van der Waals surface area contributed by atoms with E-state index < -0.39 is 17.7 Å². The Morgan fingerprint density at radius 1 is 1.15 bits per heavy atom. The van der Waals surface area contributed by atoms with Crippen LogP contribution in [0.15, 0.2) is 24.3 Å². The molecule has 0 aliphatic carbocycles. The van der Waals surface area contributed by atoms with Gasteiger partial charge >= 0.3 is 6.03 Å². The van der Waals surface area contributed by atoms with Crippen LogP contribution >= 0.6 is 0 Å². The van der Waals surface area contributed by atoms with Crippen molar-refractivity contribution in [3.8, 4) is 0 Å². The number of imide groups is 1. The molecular weight excluding hydrogens is 334 g/mol. The number of hydrogen-bond donors (Lipinski definition) is 2. The Labute approximate surface area is 152 Å². The van der Waals surface area contributed by atoms with Crippen molar-refractivity contribution in [1.82, 2.24) is 15.1 Å². The molecule has 0 aromatic heterocycles. The molecule has 0 bridgehead atoms. The Bertz CT molecular complexity index is 702. The Kier molecular flexibility index (Phi) is 4.69. The van der Waals surface area contributed by atoms with E-state index >= 15 is 0 Å². The van der Waals surface area contributed by atoms with E-state index in [0.29, 0.717) is 32.6 Å². The first-order valence-electron chi connectivity index (χ1n) is 9.26. The average Bonchev–Trinajstić information content (AvgIpc) is 2.86. The summed E-state index contributed by atoms with van der Waals surface area (Å²) in [5.41, 5.74) is 1.80. The monoisotopic (exact) mass is 359 g/mol. The van der Waals surface area contributed by atoms with E-state index in [9.17, 15) is 14.7 Å². The number of carbonyl (C=O) groups excluding carboxylic acids is 2. The number of urea groups is 1. The second kappa shape index (κ2) is 6.98. The highest BCUT2D eigenvalue weighted by Gasteiger charge is 2.52. The Balaban J connectivity index is 1.36. The summed E-state index contributed by atoms with van der Waals surface area (Å²) in [6, 6.07) is 7.93. The van der Waals surface area contributed by atoms with Crippen molar-refractivity contribution >= 4 is 11.9 Å². The third-order valence-electron chi connectivity index (χ3n) is 5.66. The Morgan fingerprint density at radius 3 is 2.65 bits per heavy atom. The third kappa shape index (κ3) is 3.22. The molecule has 26 heavy (non-hydrogen) atoms. The Morgan fingerprint density at radius 2 is 1.88 bits per heavy atom. The molecule has 2 N–H and O–H groups in total. The summed E-state index contributed by atoms with van der Waals surface area (Å²) < 4.78 is 5.31. The van der Waals surface area contributed by atoms with Gasteiger partial charge in [0.1, 0.15) is 5.54 Å². The van der Waals surface area contributed by atoms with Crippen LogP contribution in [0.2, 0.25) is 0 Å². The Hall–Kier alpha value is -1.96. The summed E-state index contributed by atoms with van der Waals surface area (Å²) in [6.07, 6.45) is 1.18. The van der Waals surface area contributed by atoms with Crippen molar-refractivity contribution < 1.29 is 19.4 Å². The van der Waals surface area contributed by atoms with Crippen molar-refractivity contribution in [2.24, 2.45) is 0 Å². The number of rotatable bonds is 4. The van der Waals surface area contributed by atoms with Gasteiger partial charge in [-0.1, -0.05) is 24.3 Å². The highest BCUT2D eigenvalue weighted by atomic mass is 16.5. The van der Waals surface area contributed by atoms with E-state index in [1.54, 1.807) is 0 Å². The molecule has 7 heteroatoms. The number of fused-ring (bicyclic) bond motifs is 1. The maximum absolute atomic E-state index is 12.7. The van der Waals surface area contributed by atoms with E-state index in [4.69, 9.17) is 4.74 Å². The quantitative estimate of drug-likeness (QED) is 0.766. The van der Waals surface area contributed by atoms with Crippen molar-refractivity contribution in [1.29, 1.82) is 0 Å². The van der Waals surface area contributed by atoms with Gasteiger partial charge in [0.15, 0.2) is 0 Å². The lowest BCUT2D eigenvalue weighted by molar-refractivity contribution is -0.135. The first-order valence-corrected chi connectivity index (χ1v) is 9.26. The fourth-order valence-corrected chi connectivity index (χ4v) is 4.18. The molecule has 1 aromatic carbocycles. The van der Waals surface area contributed by atoms with E-state index in [1.807, 2.05) is 12.1 Å². The van der Waals surface area contributed by atoms with Crippen LogP contribution < -0.4 is 5.32 Å². The lowest BCUT2D eigenvalue weighted by Crippen LogP contribution is -2.51. The largest absolute Gasteiger partial charge is 0.390 e. The summed E-state index contributed by atoms with van der Waals surface area (Å²) in [7, 11) is 0. The number of nitrogens with zero attached hydrogens (tertiary/aromatic N) is 2. The van der Waals surface area contributed by atoms with E-state index in [2.05, 4.69) is 22.3 Å². The van der Waals surface area contributed by atoms with Crippen molar-refractivity contribution in [2.75, 3.05) is 32.8 Å². The van der Waals surface area contributed by atoms with Crippen molar-refractivity contribution in [3.63, 3.8) is 0 Å². The molecule has 0 saturated carbocycles. The van der Waals surface area contributed by atoms with Crippen LogP contribution in [0.1, 0.15) is 24.0 Å².